The first-order valence-electron chi connectivity index (χ1n) is 23.0. The summed E-state index contributed by atoms with van der Waals surface area (Å²) in [5.41, 5.74) is 0. The van der Waals surface area contributed by atoms with Crippen LogP contribution in [0, 0.1) is 0 Å². The van der Waals surface area contributed by atoms with Gasteiger partial charge in [-0.1, -0.05) is 38.5 Å². The summed E-state index contributed by atoms with van der Waals surface area (Å²) in [4.78, 5) is 34.8. The number of unbranched alkanes of at least 4 members (excludes halogenated alkanes) is 8. The maximum absolute atomic E-state index is 14.2. The molecule has 0 saturated carbocycles. The van der Waals surface area contributed by atoms with Crippen molar-refractivity contribution in [1.29, 1.82) is 0 Å². The van der Waals surface area contributed by atoms with Crippen molar-refractivity contribution in [1.82, 2.24) is 0 Å². The summed E-state index contributed by atoms with van der Waals surface area (Å²) in [7, 11) is -0.241. The number of esters is 2. The van der Waals surface area contributed by atoms with Crippen LogP contribution in [0.5, 0.6) is 0 Å². The average molecular weight is 1350 g/mol. The molecule has 0 fully saturated rings. The van der Waals surface area contributed by atoms with Gasteiger partial charge in [0.1, 0.15) is 19.8 Å². The van der Waals surface area contributed by atoms with Crippen LogP contribution in [0.25, 0.3) is 0 Å². The highest BCUT2D eigenvalue weighted by Gasteiger charge is 2.97. The van der Waals surface area contributed by atoms with E-state index in [9.17, 15) is 168 Å². The van der Waals surface area contributed by atoms with Gasteiger partial charge in [-0.05, 0) is 25.7 Å². The molecule has 0 saturated heterocycles. The Morgan fingerprint density at radius 2 is 0.655 bits per heavy atom. The molecule has 0 heterocycles. The molecule has 502 valence electrons. The fourth-order valence-corrected chi connectivity index (χ4v) is 7.01. The maximum atomic E-state index is 14.2. The van der Waals surface area contributed by atoms with Crippen LogP contribution in [0.1, 0.15) is 89.9 Å². The van der Waals surface area contributed by atoms with Crippen molar-refractivity contribution in [2.24, 2.45) is 0 Å². The predicted octanol–water partition coefficient (Wildman–Crippen LogP) is 15.8. The zero-order valence-corrected chi connectivity index (χ0v) is 43.2. The minimum absolute atomic E-state index is 0.0623. The number of quaternary nitrogens is 1. The van der Waals surface area contributed by atoms with E-state index < -0.39 is 218 Å². The second-order valence-corrected chi connectivity index (χ2v) is 20.7. The number of alkyl halides is 34. The van der Waals surface area contributed by atoms with Gasteiger partial charge in [0.15, 0.2) is 6.10 Å². The van der Waals surface area contributed by atoms with E-state index in [4.69, 9.17) is 14.0 Å². The maximum Gasteiger partial charge on any atom is 0.472 e. The lowest BCUT2D eigenvalue weighted by molar-refractivity contribution is -0.870. The Kier molecular flexibility index (Phi) is 25.7. The van der Waals surface area contributed by atoms with E-state index in [-0.39, 0.29) is 23.9 Å². The number of rotatable bonds is 38. The van der Waals surface area contributed by atoms with Crippen LogP contribution in [0.2, 0.25) is 0 Å². The molecule has 84 heavy (non-hydrogen) atoms. The van der Waals surface area contributed by atoms with Crippen molar-refractivity contribution < 1.29 is 191 Å². The van der Waals surface area contributed by atoms with Crippen LogP contribution in [0.15, 0.2) is 0 Å². The Balaban J connectivity index is 5.67. The Morgan fingerprint density at radius 3 is 0.964 bits per heavy atom. The molecule has 1 unspecified atom stereocenters. The zero-order chi connectivity index (χ0) is 67.3. The number of halogens is 34. The third-order valence-corrected chi connectivity index (χ3v) is 12.5. The number of carbonyl (C=O) groups excluding carboxylic acids is 2. The van der Waals surface area contributed by atoms with Gasteiger partial charge >= 0.3 is 115 Å². The molecule has 0 aliphatic rings. The summed E-state index contributed by atoms with van der Waals surface area (Å²) in [6, 6.07) is 0. The number of nitrogens with zero attached hydrogens (tertiary/aromatic N) is 1. The van der Waals surface area contributed by atoms with Gasteiger partial charge in [-0.15, -0.1) is 0 Å². The molecule has 9 nitrogen and oxygen atoms in total. The number of carbonyl (C=O) groups is 2. The summed E-state index contributed by atoms with van der Waals surface area (Å²) in [5.74, 6) is -118. The molecule has 0 spiro atoms. The summed E-state index contributed by atoms with van der Waals surface area (Å²) in [5, 5.41) is 0. The van der Waals surface area contributed by atoms with E-state index >= 15 is 0 Å². The van der Waals surface area contributed by atoms with Gasteiger partial charge in [-0.25, -0.2) is 4.57 Å². The van der Waals surface area contributed by atoms with E-state index in [1.807, 2.05) is 0 Å². The monoisotopic (exact) mass is 1350 g/mol. The third-order valence-electron chi connectivity index (χ3n) is 11.5. The number of phosphoric ester groups is 1. The minimum atomic E-state index is -8.81. The van der Waals surface area contributed by atoms with Gasteiger partial charge in [-0.3, -0.25) is 18.6 Å². The van der Waals surface area contributed by atoms with Gasteiger partial charge in [0, 0.05) is 25.7 Å². The van der Waals surface area contributed by atoms with Crippen molar-refractivity contribution in [2.45, 2.75) is 191 Å². The molecular weight excluding hydrogens is 1300 g/mol. The molecular formula is C40H47F34NO8P+. The van der Waals surface area contributed by atoms with E-state index in [1.54, 1.807) is 21.1 Å². The number of hydrogen-bond acceptors (Lipinski definition) is 7. The van der Waals surface area contributed by atoms with Gasteiger partial charge in [0.2, 0.25) is 0 Å². The second kappa shape index (κ2) is 26.8. The van der Waals surface area contributed by atoms with Crippen molar-refractivity contribution in [3.05, 3.63) is 0 Å². The summed E-state index contributed by atoms with van der Waals surface area (Å²) < 4.78 is 491. The topological polar surface area (TPSA) is 108 Å². The van der Waals surface area contributed by atoms with Crippen LogP contribution in [-0.2, 0) is 32.7 Å². The van der Waals surface area contributed by atoms with Crippen LogP contribution in [0.3, 0.4) is 0 Å². The molecule has 0 aromatic carbocycles. The molecule has 0 aliphatic carbocycles. The van der Waals surface area contributed by atoms with Crippen LogP contribution < -0.4 is 0 Å². The molecule has 0 bridgehead atoms. The quantitative estimate of drug-likeness (QED) is 0.0214. The fraction of sp³-hybridized carbons (Fsp3) is 0.950. The molecule has 0 radical (unpaired) electrons. The van der Waals surface area contributed by atoms with Crippen molar-refractivity contribution in [3.8, 4) is 0 Å². The second-order valence-electron chi connectivity index (χ2n) is 19.2. The lowest BCUT2D eigenvalue weighted by Crippen LogP contribution is -2.74. The summed E-state index contributed by atoms with van der Waals surface area (Å²) in [6.45, 7) is -2.67. The van der Waals surface area contributed by atoms with Crippen LogP contribution >= 0.6 is 7.82 Å². The molecule has 0 aromatic heterocycles. The van der Waals surface area contributed by atoms with E-state index in [0.29, 0.717) is 0 Å². The Bertz CT molecular complexity index is 2180. The third kappa shape index (κ3) is 16.9. The van der Waals surface area contributed by atoms with Crippen molar-refractivity contribution >= 4 is 19.8 Å². The summed E-state index contributed by atoms with van der Waals surface area (Å²) in [6.07, 6.45) is -31.9. The first-order chi connectivity index (χ1) is 36.8. The SMILES string of the molecule is C[N+](C)(C)CCOP(=O)(O)OC[C@@H](COC(=O)CCCCCCCC(F)(F)C(F)(F)C(F)(F)C(F)(F)C(F)(F)C(F)(F)C(F)(F)C(F)(F)F)OC(=O)CCCCCCCC(F)(F)C(F)(F)C(F)(F)C(F)(F)C(F)(F)C(F)(F)C(F)(F)C(F)(F)F. The average Bonchev–Trinajstić information content (AvgIpc) is 3.29. The van der Waals surface area contributed by atoms with Gasteiger partial charge in [0.05, 0.1) is 27.7 Å². The smallest absolute Gasteiger partial charge is 0.462 e. The Morgan fingerprint density at radius 1 is 0.381 bits per heavy atom. The molecule has 44 heteroatoms. The Labute approximate surface area is 450 Å². The first kappa shape index (κ1) is 80.6. The standard InChI is InChI=1S/C40H46F34NO8P/c1-75(2,3)18-19-81-84(78,79)82-21-22(83-24(77)15-11-7-5-9-13-17-26(43,44)28(47,48)30(51,52)32(55,56)34(59,60)36(63,64)38(67,68)40(72,73)74)20-80-23(76)14-10-6-4-8-12-16-25(41,42)27(45,46)29(49,50)31(53,54)33(57,58)35(61,62)37(65,66)39(69,70)71/h22H,4-21H2,1-3H3/p+1/t22-/m1/s1. The molecule has 0 aromatic rings. The van der Waals surface area contributed by atoms with Gasteiger partial charge in [0.25, 0.3) is 0 Å². The molecule has 0 amide bonds. The van der Waals surface area contributed by atoms with Gasteiger partial charge in [-0.2, -0.15) is 149 Å². The normalized spacial score (nSPS) is 16.4. The van der Waals surface area contributed by atoms with Crippen LogP contribution in [-0.4, -0.2) is 170 Å². The lowest BCUT2D eigenvalue weighted by atomic mass is 9.87. The summed E-state index contributed by atoms with van der Waals surface area (Å²) >= 11 is 0. The molecule has 1 N–H and O–H groups in total. The predicted molar refractivity (Wildman–Crippen MR) is 211 cm³/mol. The fourth-order valence-electron chi connectivity index (χ4n) is 6.26. The number of hydrogen-bond donors (Lipinski definition) is 1. The minimum Gasteiger partial charge on any atom is -0.462 e. The first-order valence-corrected chi connectivity index (χ1v) is 24.5. The molecule has 0 rings (SSSR count). The highest BCUT2D eigenvalue weighted by molar-refractivity contribution is 7.47. The van der Waals surface area contributed by atoms with E-state index in [1.165, 1.54) is 0 Å². The highest BCUT2D eigenvalue weighted by Crippen LogP contribution is 2.66. The van der Waals surface area contributed by atoms with Crippen molar-refractivity contribution in [2.75, 3.05) is 47.5 Å². The lowest BCUT2D eigenvalue weighted by Gasteiger charge is -2.42. The van der Waals surface area contributed by atoms with Crippen LogP contribution in [0.4, 0.5) is 149 Å². The van der Waals surface area contributed by atoms with E-state index in [0.717, 1.165) is 0 Å². The number of phosphoric acid groups is 1. The molecule has 0 aliphatic heterocycles. The van der Waals surface area contributed by atoms with Crippen molar-refractivity contribution in [3.63, 3.8) is 0 Å². The zero-order valence-electron chi connectivity index (χ0n) is 42.4. The molecule has 2 atom stereocenters. The van der Waals surface area contributed by atoms with Gasteiger partial charge < -0.3 is 18.9 Å². The van der Waals surface area contributed by atoms with E-state index in [2.05, 4.69) is 4.52 Å². The number of ether oxygens (including phenoxy) is 2. The largest absolute Gasteiger partial charge is 0.472 e. The number of likely N-dealkylation sites (N-methyl/N-ethyl adjacent to an activating group) is 1. The highest BCUT2D eigenvalue weighted by atomic mass is 31.2. The Hall–Kier alpha value is -3.37.